The maximum Gasteiger partial charge on any atom is 0.348 e. The lowest BCUT2D eigenvalue weighted by molar-refractivity contribution is -0.179. The summed E-state index contributed by atoms with van der Waals surface area (Å²) in [4.78, 5) is 58.5. The SMILES string of the molecule is COC(=O)C1=C(C)N(Cc2ccccc2)C2=C(C(C)=O)C(c3ccccc3)[C@@](O)(C(=O)OC)C(=O)N2C1c1ccccc1. The number of hydrogen-bond donors (Lipinski definition) is 1. The number of ketones is 1. The second-order valence-corrected chi connectivity index (χ2v) is 10.4. The lowest BCUT2D eigenvalue weighted by Crippen LogP contribution is -2.65. The number of carbonyl (C=O) groups excluding carboxylic acids is 4. The zero-order valence-electron chi connectivity index (χ0n) is 24.3. The summed E-state index contributed by atoms with van der Waals surface area (Å²) in [6, 6.07) is 25.4. The summed E-state index contributed by atoms with van der Waals surface area (Å²) in [6.07, 6.45) is 0. The first-order valence-corrected chi connectivity index (χ1v) is 13.8. The number of aliphatic hydroxyl groups is 1. The number of allylic oxidation sites excluding steroid dienone is 1. The van der Waals surface area contributed by atoms with Crippen molar-refractivity contribution in [3.63, 3.8) is 0 Å². The van der Waals surface area contributed by atoms with Crippen molar-refractivity contribution in [2.45, 2.75) is 38.0 Å². The average Bonchev–Trinajstić information content (AvgIpc) is 3.03. The van der Waals surface area contributed by atoms with Crippen LogP contribution in [0.3, 0.4) is 0 Å². The third-order valence-corrected chi connectivity index (χ3v) is 8.02. The van der Waals surface area contributed by atoms with Gasteiger partial charge in [-0.15, -0.1) is 0 Å². The number of esters is 2. The maximum atomic E-state index is 14.8. The molecule has 0 bridgehead atoms. The standard InChI is InChI=1S/C34H32N2O7/c1-21-26(31(38)42-3)29(25-18-12-7-13-19-25)36-30(35(21)20-23-14-8-5-9-15-23)27(22(2)37)28(24-16-10-6-11-17-24)34(41,32(36)39)33(40)43-4/h5-19,28-29,41H,20H2,1-4H3/t28?,29?,34-/m0/s1. The molecular weight excluding hydrogens is 548 g/mol. The van der Waals surface area contributed by atoms with Gasteiger partial charge in [-0.3, -0.25) is 14.5 Å². The number of rotatable bonds is 7. The van der Waals surface area contributed by atoms with Crippen LogP contribution in [-0.4, -0.2) is 58.4 Å². The van der Waals surface area contributed by atoms with Crippen LogP contribution in [-0.2, 0) is 35.2 Å². The average molecular weight is 581 g/mol. The number of hydrogen-bond acceptors (Lipinski definition) is 8. The molecule has 220 valence electrons. The molecule has 0 spiro atoms. The van der Waals surface area contributed by atoms with Crippen molar-refractivity contribution in [3.05, 3.63) is 130 Å². The second kappa shape index (κ2) is 11.7. The van der Waals surface area contributed by atoms with Crippen molar-refractivity contribution in [1.82, 2.24) is 9.80 Å². The Morgan fingerprint density at radius 1 is 0.814 bits per heavy atom. The Morgan fingerprint density at radius 3 is 1.86 bits per heavy atom. The van der Waals surface area contributed by atoms with Crippen molar-refractivity contribution < 1.29 is 33.8 Å². The fourth-order valence-electron chi connectivity index (χ4n) is 6.07. The second-order valence-electron chi connectivity index (χ2n) is 10.4. The first-order valence-electron chi connectivity index (χ1n) is 13.8. The number of amides is 1. The molecule has 1 amide bonds. The maximum absolute atomic E-state index is 14.8. The van der Waals surface area contributed by atoms with Crippen LogP contribution >= 0.6 is 0 Å². The van der Waals surface area contributed by atoms with Gasteiger partial charge in [0.15, 0.2) is 5.78 Å². The normalized spacial score (nSPS) is 21.8. The molecule has 5 rings (SSSR count). The highest BCUT2D eigenvalue weighted by molar-refractivity contribution is 6.13. The highest BCUT2D eigenvalue weighted by Gasteiger charge is 2.64. The van der Waals surface area contributed by atoms with E-state index in [4.69, 9.17) is 9.47 Å². The molecule has 0 aromatic heterocycles. The Hall–Kier alpha value is -5.02. The van der Waals surface area contributed by atoms with E-state index in [2.05, 4.69) is 0 Å². The molecule has 3 aromatic rings. The molecule has 43 heavy (non-hydrogen) atoms. The zero-order chi connectivity index (χ0) is 30.9. The number of methoxy groups -OCH3 is 2. The van der Waals surface area contributed by atoms with Crippen molar-refractivity contribution in [3.8, 4) is 0 Å². The van der Waals surface area contributed by atoms with E-state index in [9.17, 15) is 24.3 Å². The number of fused-ring (bicyclic) bond motifs is 1. The highest BCUT2D eigenvalue weighted by atomic mass is 16.5. The summed E-state index contributed by atoms with van der Waals surface area (Å²) in [5.74, 6) is -4.66. The van der Waals surface area contributed by atoms with E-state index >= 15 is 0 Å². The summed E-state index contributed by atoms with van der Waals surface area (Å²) in [6.45, 7) is 3.23. The fourth-order valence-corrected chi connectivity index (χ4v) is 6.07. The molecule has 2 heterocycles. The molecule has 3 aromatic carbocycles. The summed E-state index contributed by atoms with van der Waals surface area (Å²) in [5.41, 5.74) is -0.514. The molecule has 0 radical (unpaired) electrons. The van der Waals surface area contributed by atoms with Crippen molar-refractivity contribution in [2.75, 3.05) is 14.2 Å². The van der Waals surface area contributed by atoms with Crippen LogP contribution in [0.2, 0.25) is 0 Å². The van der Waals surface area contributed by atoms with Gasteiger partial charge in [0.2, 0.25) is 0 Å². The van der Waals surface area contributed by atoms with Crippen molar-refractivity contribution >= 4 is 23.6 Å². The predicted molar refractivity (Wildman–Crippen MR) is 157 cm³/mol. The number of Topliss-reactive ketones (excluding diaryl/α,β-unsaturated/α-hetero) is 1. The molecule has 1 N–H and O–H groups in total. The molecule has 3 atom stereocenters. The van der Waals surface area contributed by atoms with Gasteiger partial charge in [-0.1, -0.05) is 91.0 Å². The third kappa shape index (κ3) is 4.81. The number of benzene rings is 3. The van der Waals surface area contributed by atoms with Crippen molar-refractivity contribution in [1.29, 1.82) is 0 Å². The Morgan fingerprint density at radius 2 is 1.35 bits per heavy atom. The minimum atomic E-state index is -2.83. The number of carbonyl (C=O) groups is 4. The summed E-state index contributed by atoms with van der Waals surface area (Å²) < 4.78 is 10.2. The van der Waals surface area contributed by atoms with Crippen LogP contribution in [0.25, 0.3) is 0 Å². The molecule has 2 aliphatic heterocycles. The highest BCUT2D eigenvalue weighted by Crippen LogP contribution is 2.52. The van der Waals surface area contributed by atoms with Gasteiger partial charge in [0.1, 0.15) is 5.82 Å². The minimum Gasteiger partial charge on any atom is -0.466 e. The van der Waals surface area contributed by atoms with Gasteiger partial charge in [-0.2, -0.15) is 0 Å². The van der Waals surface area contributed by atoms with Crippen LogP contribution in [0.4, 0.5) is 0 Å². The molecule has 0 aliphatic carbocycles. The topological polar surface area (TPSA) is 113 Å². The van der Waals surface area contributed by atoms with Gasteiger partial charge < -0.3 is 19.5 Å². The summed E-state index contributed by atoms with van der Waals surface area (Å²) >= 11 is 0. The molecule has 0 saturated carbocycles. The van der Waals surface area contributed by atoms with E-state index in [0.29, 0.717) is 16.8 Å². The third-order valence-electron chi connectivity index (χ3n) is 8.02. The van der Waals surface area contributed by atoms with E-state index in [-0.39, 0.29) is 23.5 Å². The van der Waals surface area contributed by atoms with E-state index < -0.39 is 41.2 Å². The number of nitrogens with zero attached hydrogens (tertiary/aromatic N) is 2. The fraction of sp³-hybridized carbons (Fsp3) is 0.235. The predicted octanol–water partition coefficient (Wildman–Crippen LogP) is 4.02. The largest absolute Gasteiger partial charge is 0.466 e. The van der Waals surface area contributed by atoms with E-state index in [1.54, 1.807) is 72.5 Å². The van der Waals surface area contributed by atoms with Crippen LogP contribution in [0.15, 0.2) is 114 Å². The van der Waals surface area contributed by atoms with Crippen LogP contribution in [0.5, 0.6) is 0 Å². The van der Waals surface area contributed by atoms with Crippen molar-refractivity contribution in [2.24, 2.45) is 0 Å². The molecule has 0 saturated heterocycles. The molecule has 9 heteroatoms. The van der Waals surface area contributed by atoms with E-state index in [1.807, 2.05) is 30.3 Å². The first kappa shape index (κ1) is 29.5. The zero-order valence-corrected chi connectivity index (χ0v) is 24.3. The number of ether oxygens (including phenoxy) is 2. The monoisotopic (exact) mass is 580 g/mol. The van der Waals surface area contributed by atoms with Gasteiger partial charge >= 0.3 is 11.9 Å². The molecule has 0 fully saturated rings. The van der Waals surface area contributed by atoms with Gasteiger partial charge in [0.25, 0.3) is 11.5 Å². The lowest BCUT2D eigenvalue weighted by atomic mass is 9.71. The first-order chi connectivity index (χ1) is 20.7. The van der Waals surface area contributed by atoms with E-state index in [1.165, 1.54) is 18.9 Å². The molecule has 9 nitrogen and oxygen atoms in total. The Bertz CT molecular complexity index is 1630. The molecular formula is C34H32N2O7. The quantitative estimate of drug-likeness (QED) is 0.329. The minimum absolute atomic E-state index is 0.0267. The van der Waals surface area contributed by atoms with Crippen LogP contribution in [0, 0.1) is 0 Å². The Balaban J connectivity index is 1.95. The van der Waals surface area contributed by atoms with Crippen LogP contribution < -0.4 is 0 Å². The van der Waals surface area contributed by atoms with Gasteiger partial charge in [-0.05, 0) is 30.5 Å². The van der Waals surface area contributed by atoms with Gasteiger partial charge in [-0.25, -0.2) is 9.59 Å². The summed E-state index contributed by atoms with van der Waals surface area (Å²) in [5, 5.41) is 12.3. The van der Waals surface area contributed by atoms with Gasteiger partial charge in [0.05, 0.1) is 31.8 Å². The smallest absolute Gasteiger partial charge is 0.348 e. The van der Waals surface area contributed by atoms with Crippen LogP contribution in [0.1, 0.15) is 42.5 Å². The molecule has 2 unspecified atom stereocenters. The lowest BCUT2D eigenvalue weighted by Gasteiger charge is -2.52. The van der Waals surface area contributed by atoms with Gasteiger partial charge in [0, 0.05) is 17.8 Å². The summed E-state index contributed by atoms with van der Waals surface area (Å²) in [7, 11) is 2.31. The Kier molecular flexibility index (Phi) is 8.02. The molecule has 2 aliphatic rings. The van der Waals surface area contributed by atoms with E-state index in [0.717, 1.165) is 12.7 Å². The Labute approximate surface area is 249 Å².